The molecule has 2 unspecified atom stereocenters. The van der Waals surface area contributed by atoms with Crippen LogP contribution in [-0.4, -0.2) is 29.9 Å². The first-order valence-electron chi connectivity index (χ1n) is 5.99. The van der Waals surface area contributed by atoms with Gasteiger partial charge < -0.3 is 10.6 Å². The number of likely N-dealkylation sites (tertiary alicyclic amines) is 1. The Morgan fingerprint density at radius 2 is 2.33 bits per heavy atom. The molecule has 0 aromatic heterocycles. The fourth-order valence-electron chi connectivity index (χ4n) is 2.24. The maximum Gasteiger partial charge on any atom is 0.256 e. The number of amides is 1. The van der Waals surface area contributed by atoms with Crippen molar-refractivity contribution < 1.29 is 9.18 Å². The summed E-state index contributed by atoms with van der Waals surface area (Å²) in [4.78, 5) is 13.9. The molecule has 1 aliphatic rings. The summed E-state index contributed by atoms with van der Waals surface area (Å²) in [6.45, 7) is 3.21. The van der Waals surface area contributed by atoms with E-state index in [0.29, 0.717) is 23.5 Å². The lowest BCUT2D eigenvalue weighted by Gasteiger charge is -2.18. The predicted octanol–water partition coefficient (Wildman–Crippen LogP) is 2.40. The fourth-order valence-corrected chi connectivity index (χ4v) is 2.61. The third-order valence-corrected chi connectivity index (χ3v) is 4.05. The lowest BCUT2D eigenvalue weighted by Crippen LogP contribution is -2.33. The number of nitrogens with two attached hydrogens (primary N) is 1. The molecule has 1 aliphatic heterocycles. The molecule has 0 spiro atoms. The summed E-state index contributed by atoms with van der Waals surface area (Å²) < 4.78 is 14.2. The van der Waals surface area contributed by atoms with Crippen LogP contribution in [0.4, 0.5) is 4.39 Å². The Kier molecular flexibility index (Phi) is 4.02. The number of benzene rings is 1. The van der Waals surface area contributed by atoms with Crippen LogP contribution in [0.25, 0.3) is 0 Å². The second kappa shape index (κ2) is 5.36. The van der Waals surface area contributed by atoms with Crippen molar-refractivity contribution in [2.24, 2.45) is 11.7 Å². The van der Waals surface area contributed by atoms with E-state index in [9.17, 15) is 9.18 Å². The Morgan fingerprint density at radius 3 is 2.94 bits per heavy atom. The highest BCUT2D eigenvalue weighted by Gasteiger charge is 2.30. The van der Waals surface area contributed by atoms with E-state index in [1.807, 2.05) is 6.92 Å². The van der Waals surface area contributed by atoms with Crippen molar-refractivity contribution in [1.82, 2.24) is 4.90 Å². The molecule has 1 saturated heterocycles. The molecule has 0 aliphatic carbocycles. The van der Waals surface area contributed by atoms with E-state index in [1.165, 1.54) is 6.07 Å². The highest BCUT2D eigenvalue weighted by molar-refractivity contribution is 9.10. The molecule has 2 rings (SSSR count). The fraction of sp³-hybridized carbons (Fsp3) is 0.462. The van der Waals surface area contributed by atoms with Gasteiger partial charge in [-0.3, -0.25) is 4.79 Å². The van der Waals surface area contributed by atoms with Crippen molar-refractivity contribution in [3.63, 3.8) is 0 Å². The van der Waals surface area contributed by atoms with E-state index in [0.717, 1.165) is 6.42 Å². The van der Waals surface area contributed by atoms with Gasteiger partial charge in [0.25, 0.3) is 5.91 Å². The van der Waals surface area contributed by atoms with E-state index in [-0.39, 0.29) is 17.5 Å². The first-order valence-corrected chi connectivity index (χ1v) is 6.79. The lowest BCUT2D eigenvalue weighted by atomic mass is 10.0. The molecule has 18 heavy (non-hydrogen) atoms. The van der Waals surface area contributed by atoms with Gasteiger partial charge in [-0.1, -0.05) is 6.07 Å². The van der Waals surface area contributed by atoms with Crippen LogP contribution in [0.2, 0.25) is 0 Å². The molecule has 98 valence electrons. The third-order valence-electron chi connectivity index (χ3n) is 3.44. The minimum Gasteiger partial charge on any atom is -0.338 e. The van der Waals surface area contributed by atoms with Gasteiger partial charge in [0.15, 0.2) is 0 Å². The number of nitrogens with zero attached hydrogens (tertiary/aromatic N) is 1. The van der Waals surface area contributed by atoms with Crippen molar-refractivity contribution in [3.8, 4) is 0 Å². The predicted molar refractivity (Wildman–Crippen MR) is 71.8 cm³/mol. The zero-order valence-corrected chi connectivity index (χ0v) is 11.8. The molecule has 0 bridgehead atoms. The van der Waals surface area contributed by atoms with Crippen LogP contribution in [0, 0.1) is 11.7 Å². The average Bonchev–Trinajstić information content (AvgIpc) is 2.81. The van der Waals surface area contributed by atoms with Gasteiger partial charge in [-0.05, 0) is 47.3 Å². The normalized spacial score (nSPS) is 21.1. The van der Waals surface area contributed by atoms with E-state index in [1.54, 1.807) is 17.0 Å². The topological polar surface area (TPSA) is 46.3 Å². The van der Waals surface area contributed by atoms with Crippen molar-refractivity contribution in [1.29, 1.82) is 0 Å². The second-order valence-corrected chi connectivity index (χ2v) is 5.61. The van der Waals surface area contributed by atoms with Gasteiger partial charge in [-0.25, -0.2) is 4.39 Å². The molecule has 1 amide bonds. The molecule has 1 aromatic rings. The standard InChI is InChI=1S/C13H16BrFN2O/c1-8(16)9-5-6-17(7-9)13(18)10-3-2-4-11(14)12(10)15/h2-4,8-9H,5-7,16H2,1H3. The molecule has 1 aromatic carbocycles. The molecule has 2 N–H and O–H groups in total. The summed E-state index contributed by atoms with van der Waals surface area (Å²) in [6.07, 6.45) is 0.888. The van der Waals surface area contributed by atoms with Gasteiger partial charge in [0, 0.05) is 19.1 Å². The number of carbonyl (C=O) groups excluding carboxylic acids is 1. The molecule has 0 saturated carbocycles. The lowest BCUT2D eigenvalue weighted by molar-refractivity contribution is 0.0781. The maximum absolute atomic E-state index is 13.8. The highest BCUT2D eigenvalue weighted by Crippen LogP contribution is 2.24. The zero-order chi connectivity index (χ0) is 13.3. The van der Waals surface area contributed by atoms with Gasteiger partial charge in [-0.2, -0.15) is 0 Å². The van der Waals surface area contributed by atoms with Crippen LogP contribution in [0.15, 0.2) is 22.7 Å². The summed E-state index contributed by atoms with van der Waals surface area (Å²) >= 11 is 3.09. The highest BCUT2D eigenvalue weighted by atomic mass is 79.9. The average molecular weight is 315 g/mol. The van der Waals surface area contributed by atoms with Crippen LogP contribution < -0.4 is 5.73 Å². The van der Waals surface area contributed by atoms with Gasteiger partial charge in [0.1, 0.15) is 5.82 Å². The summed E-state index contributed by atoms with van der Waals surface area (Å²) in [5.74, 6) is -0.437. The molecule has 3 nitrogen and oxygen atoms in total. The largest absolute Gasteiger partial charge is 0.338 e. The van der Waals surface area contributed by atoms with Crippen molar-refractivity contribution in [2.75, 3.05) is 13.1 Å². The van der Waals surface area contributed by atoms with E-state index in [4.69, 9.17) is 5.73 Å². The van der Waals surface area contributed by atoms with Crippen LogP contribution in [0.1, 0.15) is 23.7 Å². The van der Waals surface area contributed by atoms with Crippen LogP contribution in [-0.2, 0) is 0 Å². The molecular weight excluding hydrogens is 299 g/mol. The second-order valence-electron chi connectivity index (χ2n) is 4.76. The Morgan fingerprint density at radius 1 is 1.61 bits per heavy atom. The van der Waals surface area contributed by atoms with Crippen LogP contribution in [0.3, 0.4) is 0 Å². The van der Waals surface area contributed by atoms with Crippen LogP contribution in [0.5, 0.6) is 0 Å². The van der Waals surface area contributed by atoms with Gasteiger partial charge in [0.2, 0.25) is 0 Å². The van der Waals surface area contributed by atoms with Crippen molar-refractivity contribution in [2.45, 2.75) is 19.4 Å². The van der Waals surface area contributed by atoms with Gasteiger partial charge >= 0.3 is 0 Å². The smallest absolute Gasteiger partial charge is 0.256 e. The number of carbonyl (C=O) groups is 1. The Balaban J connectivity index is 2.16. The van der Waals surface area contributed by atoms with Gasteiger partial charge in [-0.15, -0.1) is 0 Å². The van der Waals surface area contributed by atoms with Gasteiger partial charge in [0.05, 0.1) is 10.0 Å². The summed E-state index contributed by atoms with van der Waals surface area (Å²) in [6, 6.07) is 4.83. The summed E-state index contributed by atoms with van der Waals surface area (Å²) in [5, 5.41) is 0. The first kappa shape index (κ1) is 13.5. The Labute approximate surface area is 114 Å². The number of hydrogen-bond acceptors (Lipinski definition) is 2. The maximum atomic E-state index is 13.8. The molecule has 1 fully saturated rings. The SMILES string of the molecule is CC(N)C1CCN(C(=O)c2cccc(Br)c2F)C1. The quantitative estimate of drug-likeness (QED) is 0.911. The van der Waals surface area contributed by atoms with Crippen molar-refractivity contribution >= 4 is 21.8 Å². The number of hydrogen-bond donors (Lipinski definition) is 1. The minimum absolute atomic E-state index is 0.0650. The Bertz CT molecular complexity index is 464. The monoisotopic (exact) mass is 314 g/mol. The number of rotatable bonds is 2. The molecule has 5 heteroatoms. The molecule has 0 radical (unpaired) electrons. The van der Waals surface area contributed by atoms with E-state index < -0.39 is 5.82 Å². The summed E-state index contributed by atoms with van der Waals surface area (Å²) in [7, 11) is 0. The summed E-state index contributed by atoms with van der Waals surface area (Å²) in [5.41, 5.74) is 5.95. The van der Waals surface area contributed by atoms with E-state index >= 15 is 0 Å². The number of halogens is 2. The minimum atomic E-state index is -0.494. The molecule has 2 atom stereocenters. The van der Waals surface area contributed by atoms with E-state index in [2.05, 4.69) is 15.9 Å². The molecule has 1 heterocycles. The Hall–Kier alpha value is -0.940. The first-order chi connectivity index (χ1) is 8.50. The molecular formula is C13H16BrFN2O. The zero-order valence-electron chi connectivity index (χ0n) is 10.2. The third kappa shape index (κ3) is 2.57. The van der Waals surface area contributed by atoms with Crippen molar-refractivity contribution in [3.05, 3.63) is 34.1 Å². The van der Waals surface area contributed by atoms with Crippen LogP contribution >= 0.6 is 15.9 Å².